The van der Waals surface area contributed by atoms with Crippen molar-refractivity contribution >= 4 is 17.2 Å². The van der Waals surface area contributed by atoms with Crippen LogP contribution in [-0.4, -0.2) is 18.9 Å². The zero-order chi connectivity index (χ0) is 13.0. The van der Waals surface area contributed by atoms with Gasteiger partial charge in [0.15, 0.2) is 5.78 Å². The van der Waals surface area contributed by atoms with Crippen LogP contribution in [0.15, 0.2) is 18.2 Å². The molecule has 4 heteroatoms. The number of nitrogens with zero attached hydrogens (tertiary/aromatic N) is 2. The maximum absolute atomic E-state index is 11.4. The van der Waals surface area contributed by atoms with E-state index in [0.29, 0.717) is 17.7 Å². The second-order valence-electron chi connectivity index (χ2n) is 4.15. The summed E-state index contributed by atoms with van der Waals surface area (Å²) in [5, 5.41) is 8.67. The van der Waals surface area contributed by atoms with Crippen LogP contribution in [0.4, 0.5) is 11.4 Å². The summed E-state index contributed by atoms with van der Waals surface area (Å²) >= 11 is 0. The van der Waals surface area contributed by atoms with Crippen LogP contribution in [0.3, 0.4) is 0 Å². The molecule has 0 saturated heterocycles. The summed E-state index contributed by atoms with van der Waals surface area (Å²) in [5.74, 6) is -0.0503. The predicted molar refractivity (Wildman–Crippen MR) is 69.0 cm³/mol. The lowest BCUT2D eigenvalue weighted by Crippen LogP contribution is -2.28. The summed E-state index contributed by atoms with van der Waals surface area (Å²) in [6.07, 6.45) is 0.441. The summed E-state index contributed by atoms with van der Waals surface area (Å²) in [4.78, 5) is 13.4. The Morgan fingerprint density at radius 2 is 2.24 bits per heavy atom. The third kappa shape index (κ3) is 2.97. The summed E-state index contributed by atoms with van der Waals surface area (Å²) in [7, 11) is 1.90. The third-order valence-electron chi connectivity index (χ3n) is 2.87. The first kappa shape index (κ1) is 13.0. The van der Waals surface area contributed by atoms with Gasteiger partial charge >= 0.3 is 0 Å². The van der Waals surface area contributed by atoms with Gasteiger partial charge in [0.1, 0.15) is 0 Å². The number of nitrogens with two attached hydrogens (primary N) is 1. The monoisotopic (exact) mass is 231 g/mol. The minimum atomic E-state index is -0.0503. The van der Waals surface area contributed by atoms with Crippen molar-refractivity contribution in [2.24, 2.45) is 0 Å². The lowest BCUT2D eigenvalue weighted by Gasteiger charge is -2.25. The van der Waals surface area contributed by atoms with E-state index in [0.717, 1.165) is 5.69 Å². The maximum Gasteiger partial charge on any atom is 0.161 e. The molecule has 90 valence electrons. The van der Waals surface area contributed by atoms with E-state index in [1.807, 2.05) is 24.9 Å². The molecular formula is C13H17N3O. The van der Waals surface area contributed by atoms with Crippen LogP contribution < -0.4 is 10.6 Å². The van der Waals surface area contributed by atoms with Gasteiger partial charge in [-0.1, -0.05) is 0 Å². The van der Waals surface area contributed by atoms with Crippen molar-refractivity contribution in [2.45, 2.75) is 26.3 Å². The predicted octanol–water partition coefficient (Wildman–Crippen LogP) is 2.21. The molecule has 0 saturated carbocycles. The lowest BCUT2D eigenvalue weighted by atomic mass is 10.1. The molecule has 0 spiro atoms. The normalized spacial score (nSPS) is 11.6. The van der Waals surface area contributed by atoms with E-state index < -0.39 is 0 Å². The number of carbonyl (C=O) groups is 1. The molecule has 1 aromatic carbocycles. The van der Waals surface area contributed by atoms with Crippen molar-refractivity contribution in [3.05, 3.63) is 23.8 Å². The number of hydrogen-bond donors (Lipinski definition) is 1. The van der Waals surface area contributed by atoms with Crippen molar-refractivity contribution in [2.75, 3.05) is 17.7 Å². The van der Waals surface area contributed by atoms with E-state index >= 15 is 0 Å². The standard InChI is InChI=1S/C13H17N3O/c1-9(6-7-14)16(3)11-4-5-13(15)12(8-11)10(2)17/h4-5,8-9H,6,15H2,1-3H3. The summed E-state index contributed by atoms with van der Waals surface area (Å²) in [6.45, 7) is 3.46. The van der Waals surface area contributed by atoms with E-state index in [9.17, 15) is 4.79 Å². The molecule has 0 bridgehead atoms. The number of nitrogen functional groups attached to an aromatic ring is 1. The van der Waals surface area contributed by atoms with Gasteiger partial charge in [-0.25, -0.2) is 0 Å². The second-order valence-corrected chi connectivity index (χ2v) is 4.15. The highest BCUT2D eigenvalue weighted by Crippen LogP contribution is 2.22. The van der Waals surface area contributed by atoms with E-state index in [-0.39, 0.29) is 11.8 Å². The van der Waals surface area contributed by atoms with Crippen LogP contribution in [0.2, 0.25) is 0 Å². The average Bonchev–Trinajstić information content (AvgIpc) is 2.28. The van der Waals surface area contributed by atoms with Crippen LogP contribution in [-0.2, 0) is 0 Å². The first-order valence-electron chi connectivity index (χ1n) is 5.47. The summed E-state index contributed by atoms with van der Waals surface area (Å²) < 4.78 is 0. The zero-order valence-electron chi connectivity index (χ0n) is 10.4. The Kier molecular flexibility index (Phi) is 4.11. The fourth-order valence-electron chi connectivity index (χ4n) is 1.59. The lowest BCUT2D eigenvalue weighted by molar-refractivity contribution is 0.101. The van der Waals surface area contributed by atoms with Gasteiger partial charge in [0, 0.05) is 30.0 Å². The highest BCUT2D eigenvalue weighted by molar-refractivity contribution is 6.00. The molecule has 2 N–H and O–H groups in total. The quantitative estimate of drug-likeness (QED) is 0.637. The fourth-order valence-corrected chi connectivity index (χ4v) is 1.59. The summed E-state index contributed by atoms with van der Waals surface area (Å²) in [5.41, 5.74) is 7.64. The molecule has 17 heavy (non-hydrogen) atoms. The third-order valence-corrected chi connectivity index (χ3v) is 2.87. The molecule has 0 radical (unpaired) electrons. The molecular weight excluding hydrogens is 214 g/mol. The number of ketones is 1. The van der Waals surface area contributed by atoms with Crippen molar-refractivity contribution in [3.63, 3.8) is 0 Å². The maximum atomic E-state index is 11.4. The summed E-state index contributed by atoms with van der Waals surface area (Å²) in [6, 6.07) is 7.58. The Balaban J connectivity index is 3.04. The van der Waals surface area contributed by atoms with E-state index in [1.165, 1.54) is 6.92 Å². The molecule has 0 fully saturated rings. The smallest absolute Gasteiger partial charge is 0.161 e. The van der Waals surface area contributed by atoms with Crippen LogP contribution >= 0.6 is 0 Å². The van der Waals surface area contributed by atoms with Crippen LogP contribution in [0, 0.1) is 11.3 Å². The van der Waals surface area contributed by atoms with E-state index in [4.69, 9.17) is 11.0 Å². The molecule has 0 aromatic heterocycles. The van der Waals surface area contributed by atoms with Gasteiger partial charge in [-0.2, -0.15) is 5.26 Å². The highest BCUT2D eigenvalue weighted by atomic mass is 16.1. The van der Waals surface area contributed by atoms with Gasteiger partial charge in [0.05, 0.1) is 12.5 Å². The molecule has 1 atom stereocenters. The first-order valence-corrected chi connectivity index (χ1v) is 5.47. The number of benzene rings is 1. The van der Waals surface area contributed by atoms with Gasteiger partial charge in [-0.05, 0) is 32.0 Å². The van der Waals surface area contributed by atoms with Crippen molar-refractivity contribution in [1.29, 1.82) is 5.26 Å². The molecule has 0 heterocycles. The number of nitriles is 1. The molecule has 0 aliphatic rings. The van der Waals surface area contributed by atoms with E-state index in [1.54, 1.807) is 12.1 Å². The number of rotatable bonds is 4. The van der Waals surface area contributed by atoms with Gasteiger partial charge < -0.3 is 10.6 Å². The Morgan fingerprint density at radius 1 is 1.59 bits per heavy atom. The average molecular weight is 231 g/mol. The van der Waals surface area contributed by atoms with Crippen molar-refractivity contribution in [3.8, 4) is 6.07 Å². The molecule has 0 aliphatic heterocycles. The Labute approximate surface area is 102 Å². The first-order chi connectivity index (χ1) is 7.97. The molecule has 1 unspecified atom stereocenters. The van der Waals surface area contributed by atoms with Gasteiger partial charge in [-0.3, -0.25) is 4.79 Å². The minimum Gasteiger partial charge on any atom is -0.398 e. The van der Waals surface area contributed by atoms with Gasteiger partial charge in [0.2, 0.25) is 0 Å². The molecule has 0 amide bonds. The molecule has 0 aliphatic carbocycles. The number of anilines is 2. The largest absolute Gasteiger partial charge is 0.398 e. The topological polar surface area (TPSA) is 70.1 Å². The number of Topliss-reactive ketones (excluding diaryl/α,β-unsaturated/α-hetero) is 1. The Morgan fingerprint density at radius 3 is 2.76 bits per heavy atom. The van der Waals surface area contributed by atoms with Gasteiger partial charge in [0.25, 0.3) is 0 Å². The SMILES string of the molecule is CC(=O)c1cc(N(C)C(C)CC#N)ccc1N. The van der Waals surface area contributed by atoms with Crippen molar-refractivity contribution in [1.82, 2.24) is 0 Å². The molecule has 1 aromatic rings. The minimum absolute atomic E-state index is 0.0503. The Hall–Kier alpha value is -2.02. The fraction of sp³-hybridized carbons (Fsp3) is 0.385. The van der Waals surface area contributed by atoms with Gasteiger partial charge in [-0.15, -0.1) is 0 Å². The molecule has 4 nitrogen and oxygen atoms in total. The van der Waals surface area contributed by atoms with Crippen LogP contribution in [0.1, 0.15) is 30.6 Å². The number of hydrogen-bond acceptors (Lipinski definition) is 4. The van der Waals surface area contributed by atoms with Crippen LogP contribution in [0.25, 0.3) is 0 Å². The highest BCUT2D eigenvalue weighted by Gasteiger charge is 2.12. The molecule has 1 rings (SSSR count). The zero-order valence-corrected chi connectivity index (χ0v) is 10.4. The van der Waals surface area contributed by atoms with Crippen LogP contribution in [0.5, 0.6) is 0 Å². The van der Waals surface area contributed by atoms with Crippen molar-refractivity contribution < 1.29 is 4.79 Å². The second kappa shape index (κ2) is 5.35. The number of carbonyl (C=O) groups excluding carboxylic acids is 1. The Bertz CT molecular complexity index is 462. The van der Waals surface area contributed by atoms with E-state index in [2.05, 4.69) is 6.07 Å².